The van der Waals surface area contributed by atoms with Gasteiger partial charge in [0.25, 0.3) is 0 Å². The first-order valence-electron chi connectivity index (χ1n) is 5.53. The molecule has 0 aliphatic heterocycles. The van der Waals surface area contributed by atoms with Crippen LogP contribution in [0.15, 0.2) is 42.5 Å². The number of aliphatic hydroxyl groups excluding tert-OH is 1. The molecule has 18 heavy (non-hydrogen) atoms. The second-order valence-electron chi connectivity index (χ2n) is 4.02. The molecular weight excluding hydrogens is 253 g/mol. The summed E-state index contributed by atoms with van der Waals surface area (Å²) in [5.74, 6) is -0.494. The van der Waals surface area contributed by atoms with E-state index in [-0.39, 0.29) is 5.02 Å². The molecule has 4 heteroatoms. The topological polar surface area (TPSA) is 46.2 Å². The molecule has 0 fully saturated rings. The summed E-state index contributed by atoms with van der Waals surface area (Å²) in [6, 6.07) is 11.5. The van der Waals surface area contributed by atoms with Gasteiger partial charge in [-0.15, -0.1) is 0 Å². The van der Waals surface area contributed by atoms with Gasteiger partial charge in [0, 0.05) is 6.54 Å². The molecule has 94 valence electrons. The Hall–Kier alpha value is -1.42. The Morgan fingerprint density at radius 2 is 1.72 bits per heavy atom. The van der Waals surface area contributed by atoms with Gasteiger partial charge >= 0.3 is 0 Å². The zero-order chi connectivity index (χ0) is 13.1. The van der Waals surface area contributed by atoms with E-state index in [0.29, 0.717) is 12.1 Å². The molecule has 0 aliphatic rings. The fraction of sp³-hybridized carbons (Fsp3) is 0.143. The number of halogens is 2. The molecule has 3 N–H and O–H groups in total. The van der Waals surface area contributed by atoms with E-state index in [1.54, 1.807) is 12.1 Å². The van der Waals surface area contributed by atoms with E-state index in [1.165, 1.54) is 18.2 Å². The number of aliphatic hydroxyl groups is 1. The number of hydrogen-bond donors (Lipinski definition) is 2. The Labute approximate surface area is 110 Å². The Morgan fingerprint density at radius 3 is 2.28 bits per heavy atom. The van der Waals surface area contributed by atoms with Crippen molar-refractivity contribution in [1.29, 1.82) is 0 Å². The standard InChI is InChI=1S/C14H13ClFNO/c15-12-7-11(5-6-13(12)16)14(18)10-3-1-9(8-17)2-4-10/h1-7,14,18H,8,17H2. The van der Waals surface area contributed by atoms with Gasteiger partial charge in [-0.25, -0.2) is 4.39 Å². The maximum Gasteiger partial charge on any atom is 0.141 e. The van der Waals surface area contributed by atoms with E-state index in [1.807, 2.05) is 12.1 Å². The van der Waals surface area contributed by atoms with Crippen LogP contribution in [0.2, 0.25) is 5.02 Å². The average Bonchev–Trinajstić information content (AvgIpc) is 2.41. The van der Waals surface area contributed by atoms with Gasteiger partial charge in [0.05, 0.1) is 5.02 Å². The van der Waals surface area contributed by atoms with Crippen LogP contribution in [0.3, 0.4) is 0 Å². The molecule has 0 radical (unpaired) electrons. The molecule has 0 saturated carbocycles. The van der Waals surface area contributed by atoms with Crippen molar-refractivity contribution in [2.75, 3.05) is 0 Å². The first kappa shape index (κ1) is 13.0. The predicted molar refractivity (Wildman–Crippen MR) is 69.8 cm³/mol. The zero-order valence-electron chi connectivity index (χ0n) is 9.61. The van der Waals surface area contributed by atoms with Gasteiger partial charge in [-0.05, 0) is 28.8 Å². The zero-order valence-corrected chi connectivity index (χ0v) is 10.4. The molecule has 2 aromatic rings. The van der Waals surface area contributed by atoms with Gasteiger partial charge in [-0.3, -0.25) is 0 Å². The van der Waals surface area contributed by atoms with Crippen LogP contribution in [0.4, 0.5) is 4.39 Å². The highest BCUT2D eigenvalue weighted by atomic mass is 35.5. The van der Waals surface area contributed by atoms with Gasteiger partial charge < -0.3 is 10.8 Å². The highest BCUT2D eigenvalue weighted by Gasteiger charge is 2.12. The van der Waals surface area contributed by atoms with Crippen molar-refractivity contribution < 1.29 is 9.50 Å². The van der Waals surface area contributed by atoms with E-state index >= 15 is 0 Å². The van der Waals surface area contributed by atoms with Crippen LogP contribution < -0.4 is 5.73 Å². The molecule has 0 bridgehead atoms. The van der Waals surface area contributed by atoms with E-state index in [2.05, 4.69) is 0 Å². The smallest absolute Gasteiger partial charge is 0.141 e. The molecular formula is C14H13ClFNO. The molecule has 0 amide bonds. The number of benzene rings is 2. The second kappa shape index (κ2) is 5.48. The van der Waals surface area contributed by atoms with Crippen LogP contribution in [-0.2, 0) is 6.54 Å². The van der Waals surface area contributed by atoms with Crippen molar-refractivity contribution in [2.24, 2.45) is 5.73 Å². The summed E-state index contributed by atoms with van der Waals surface area (Å²) in [6.07, 6.45) is -0.824. The first-order chi connectivity index (χ1) is 8.61. The monoisotopic (exact) mass is 265 g/mol. The largest absolute Gasteiger partial charge is 0.384 e. The fourth-order valence-corrected chi connectivity index (χ4v) is 1.90. The lowest BCUT2D eigenvalue weighted by Crippen LogP contribution is -2.01. The van der Waals surface area contributed by atoms with Crippen LogP contribution in [-0.4, -0.2) is 5.11 Å². The Kier molecular flexibility index (Phi) is 3.97. The lowest BCUT2D eigenvalue weighted by atomic mass is 10.0. The molecule has 1 atom stereocenters. The third-order valence-electron chi connectivity index (χ3n) is 2.79. The van der Waals surface area contributed by atoms with Crippen molar-refractivity contribution in [3.8, 4) is 0 Å². The van der Waals surface area contributed by atoms with Gasteiger partial charge in [-0.1, -0.05) is 41.9 Å². The summed E-state index contributed by atoms with van der Waals surface area (Å²) >= 11 is 5.69. The molecule has 2 aromatic carbocycles. The Morgan fingerprint density at radius 1 is 1.11 bits per heavy atom. The molecule has 0 saturated heterocycles. The maximum atomic E-state index is 13.0. The average molecular weight is 266 g/mol. The van der Waals surface area contributed by atoms with Crippen LogP contribution in [0.25, 0.3) is 0 Å². The van der Waals surface area contributed by atoms with Gasteiger partial charge in [0.1, 0.15) is 11.9 Å². The van der Waals surface area contributed by atoms with E-state index < -0.39 is 11.9 Å². The molecule has 2 rings (SSSR count). The minimum absolute atomic E-state index is 0.00475. The Balaban J connectivity index is 2.28. The van der Waals surface area contributed by atoms with Crippen molar-refractivity contribution in [3.63, 3.8) is 0 Å². The van der Waals surface area contributed by atoms with Crippen molar-refractivity contribution in [3.05, 3.63) is 70.0 Å². The third-order valence-corrected chi connectivity index (χ3v) is 3.08. The minimum Gasteiger partial charge on any atom is -0.384 e. The van der Waals surface area contributed by atoms with E-state index in [9.17, 15) is 9.50 Å². The second-order valence-corrected chi connectivity index (χ2v) is 4.43. The molecule has 2 nitrogen and oxygen atoms in total. The molecule has 0 aromatic heterocycles. The van der Waals surface area contributed by atoms with Crippen LogP contribution in [0, 0.1) is 5.82 Å². The van der Waals surface area contributed by atoms with Crippen LogP contribution >= 0.6 is 11.6 Å². The summed E-state index contributed by atoms with van der Waals surface area (Å²) in [7, 11) is 0. The summed E-state index contributed by atoms with van der Waals surface area (Å²) in [5, 5.41) is 10.2. The van der Waals surface area contributed by atoms with Gasteiger partial charge in [0.2, 0.25) is 0 Å². The number of rotatable bonds is 3. The predicted octanol–water partition coefficient (Wildman–Crippen LogP) is 3.02. The van der Waals surface area contributed by atoms with Crippen LogP contribution in [0.5, 0.6) is 0 Å². The third kappa shape index (κ3) is 2.70. The van der Waals surface area contributed by atoms with E-state index in [0.717, 1.165) is 11.1 Å². The number of hydrogen-bond acceptors (Lipinski definition) is 2. The Bertz CT molecular complexity index is 542. The summed E-state index contributed by atoms with van der Waals surface area (Å²) in [6.45, 7) is 0.457. The van der Waals surface area contributed by atoms with Crippen molar-refractivity contribution in [2.45, 2.75) is 12.6 Å². The van der Waals surface area contributed by atoms with Gasteiger partial charge in [-0.2, -0.15) is 0 Å². The highest BCUT2D eigenvalue weighted by Crippen LogP contribution is 2.25. The maximum absolute atomic E-state index is 13.0. The van der Waals surface area contributed by atoms with Crippen molar-refractivity contribution in [1.82, 2.24) is 0 Å². The minimum atomic E-state index is -0.824. The summed E-state index contributed by atoms with van der Waals surface area (Å²) in [4.78, 5) is 0. The summed E-state index contributed by atoms with van der Waals surface area (Å²) < 4.78 is 13.0. The lowest BCUT2D eigenvalue weighted by Gasteiger charge is -2.12. The molecule has 0 heterocycles. The quantitative estimate of drug-likeness (QED) is 0.896. The molecule has 1 unspecified atom stereocenters. The van der Waals surface area contributed by atoms with Crippen LogP contribution in [0.1, 0.15) is 22.8 Å². The van der Waals surface area contributed by atoms with Gasteiger partial charge in [0.15, 0.2) is 0 Å². The summed E-state index contributed by atoms with van der Waals surface area (Å²) in [5.41, 5.74) is 7.77. The SMILES string of the molecule is NCc1ccc(C(O)c2ccc(F)c(Cl)c2)cc1. The fourth-order valence-electron chi connectivity index (χ4n) is 1.71. The molecule has 0 spiro atoms. The molecule has 0 aliphatic carbocycles. The normalized spacial score (nSPS) is 12.4. The first-order valence-corrected chi connectivity index (χ1v) is 5.91. The van der Waals surface area contributed by atoms with E-state index in [4.69, 9.17) is 17.3 Å². The number of nitrogens with two attached hydrogens (primary N) is 1. The van der Waals surface area contributed by atoms with Crippen molar-refractivity contribution >= 4 is 11.6 Å². The lowest BCUT2D eigenvalue weighted by molar-refractivity contribution is 0.220. The highest BCUT2D eigenvalue weighted by molar-refractivity contribution is 6.30.